The SMILES string of the molecule is CN=C(NCc1cn(C)nc1C(F)(F)F)NCC(C)(C)NC(=O)OC(C)(C)C. The molecule has 0 unspecified atom stereocenters. The van der Waals surface area contributed by atoms with E-state index in [2.05, 4.69) is 26.0 Å². The van der Waals surface area contributed by atoms with E-state index in [9.17, 15) is 18.0 Å². The number of carbonyl (C=O) groups excluding carboxylic acids is 1. The molecule has 0 aliphatic heterocycles. The Balaban J connectivity index is 2.63. The van der Waals surface area contributed by atoms with Gasteiger partial charge < -0.3 is 20.7 Å². The molecule has 0 saturated carbocycles. The number of guanidine groups is 1. The Kier molecular flexibility index (Phi) is 7.32. The minimum atomic E-state index is -4.53. The average Bonchev–Trinajstić information content (AvgIpc) is 2.86. The minimum absolute atomic E-state index is 0.00379. The van der Waals surface area contributed by atoms with Crippen molar-refractivity contribution in [1.29, 1.82) is 0 Å². The van der Waals surface area contributed by atoms with Crippen LogP contribution in [0.2, 0.25) is 0 Å². The van der Waals surface area contributed by atoms with Gasteiger partial charge >= 0.3 is 12.3 Å². The monoisotopic (exact) mass is 406 g/mol. The van der Waals surface area contributed by atoms with Crippen molar-refractivity contribution in [2.24, 2.45) is 12.0 Å². The molecule has 0 saturated heterocycles. The summed E-state index contributed by atoms with van der Waals surface area (Å²) in [5, 5.41) is 12.0. The van der Waals surface area contributed by atoms with Crippen LogP contribution in [-0.4, -0.2) is 46.6 Å². The molecule has 1 aromatic rings. The zero-order chi connectivity index (χ0) is 21.8. The molecular formula is C17H29F3N6O2. The number of hydrogen-bond acceptors (Lipinski definition) is 4. The van der Waals surface area contributed by atoms with Crippen molar-refractivity contribution >= 4 is 12.1 Å². The smallest absolute Gasteiger partial charge is 0.435 e. The number of alkyl halides is 3. The van der Waals surface area contributed by atoms with Gasteiger partial charge in [-0.2, -0.15) is 18.3 Å². The molecular weight excluding hydrogens is 377 g/mol. The van der Waals surface area contributed by atoms with Gasteiger partial charge in [0.05, 0.1) is 5.54 Å². The first kappa shape index (κ1) is 23.6. The molecule has 0 spiro atoms. The van der Waals surface area contributed by atoms with Crippen molar-refractivity contribution in [2.45, 2.75) is 58.5 Å². The molecule has 11 heteroatoms. The first-order valence-electron chi connectivity index (χ1n) is 8.68. The van der Waals surface area contributed by atoms with Crippen LogP contribution in [0.5, 0.6) is 0 Å². The zero-order valence-electron chi connectivity index (χ0n) is 17.3. The van der Waals surface area contributed by atoms with Crippen LogP contribution in [0.4, 0.5) is 18.0 Å². The summed E-state index contributed by atoms with van der Waals surface area (Å²) in [6, 6.07) is 0. The molecule has 28 heavy (non-hydrogen) atoms. The fraction of sp³-hybridized carbons (Fsp3) is 0.706. The van der Waals surface area contributed by atoms with E-state index in [0.717, 1.165) is 4.68 Å². The highest BCUT2D eigenvalue weighted by molar-refractivity contribution is 5.79. The summed E-state index contributed by atoms with van der Waals surface area (Å²) in [7, 11) is 2.92. The van der Waals surface area contributed by atoms with Gasteiger partial charge in [0.1, 0.15) is 5.60 Å². The van der Waals surface area contributed by atoms with Gasteiger partial charge in [-0.05, 0) is 34.6 Å². The molecule has 1 aromatic heterocycles. The van der Waals surface area contributed by atoms with E-state index in [1.165, 1.54) is 20.3 Å². The second kappa shape index (κ2) is 8.70. The standard InChI is InChI=1S/C17H29F3N6O2/c1-15(2,3)28-14(27)24-16(4,5)10-23-13(21-6)22-8-11-9-26(7)25-12(11)17(18,19)20/h9H,8,10H2,1-7H3,(H,24,27)(H2,21,22,23). The number of aromatic nitrogens is 2. The first-order valence-corrected chi connectivity index (χ1v) is 8.68. The predicted molar refractivity (Wildman–Crippen MR) is 99.9 cm³/mol. The van der Waals surface area contributed by atoms with Crippen LogP contribution >= 0.6 is 0 Å². The number of carbonyl (C=O) groups is 1. The number of aliphatic imine (C=N–C) groups is 1. The molecule has 160 valence electrons. The Morgan fingerprint density at radius 1 is 1.21 bits per heavy atom. The Hall–Kier alpha value is -2.46. The average molecular weight is 406 g/mol. The number of nitrogens with zero attached hydrogens (tertiary/aromatic N) is 3. The molecule has 0 fully saturated rings. The van der Waals surface area contributed by atoms with Crippen LogP contribution in [0, 0.1) is 0 Å². The summed E-state index contributed by atoms with van der Waals surface area (Å²) in [4.78, 5) is 15.9. The predicted octanol–water partition coefficient (Wildman–Crippen LogP) is 2.41. The maximum Gasteiger partial charge on any atom is 0.435 e. The van der Waals surface area contributed by atoms with E-state index in [-0.39, 0.29) is 24.6 Å². The van der Waals surface area contributed by atoms with Crippen molar-refractivity contribution < 1.29 is 22.7 Å². The third-order valence-electron chi connectivity index (χ3n) is 3.38. The van der Waals surface area contributed by atoms with Crippen LogP contribution in [-0.2, 0) is 24.5 Å². The third-order valence-corrected chi connectivity index (χ3v) is 3.38. The van der Waals surface area contributed by atoms with E-state index in [1.807, 2.05) is 0 Å². The molecule has 0 bridgehead atoms. The summed E-state index contributed by atoms with van der Waals surface area (Å²) in [5.74, 6) is 0.288. The second-order valence-corrected chi connectivity index (χ2v) is 7.96. The molecule has 0 aliphatic rings. The maximum atomic E-state index is 13.0. The van der Waals surface area contributed by atoms with Crippen molar-refractivity contribution in [3.05, 3.63) is 17.5 Å². The zero-order valence-corrected chi connectivity index (χ0v) is 17.3. The quantitative estimate of drug-likeness (QED) is 0.516. The van der Waals surface area contributed by atoms with Crippen LogP contribution in [0.3, 0.4) is 0 Å². The van der Waals surface area contributed by atoms with Gasteiger partial charge in [-0.1, -0.05) is 0 Å². The molecule has 1 amide bonds. The lowest BCUT2D eigenvalue weighted by Gasteiger charge is -2.29. The highest BCUT2D eigenvalue weighted by atomic mass is 19.4. The molecule has 0 radical (unpaired) electrons. The third kappa shape index (κ3) is 8.05. The first-order chi connectivity index (χ1) is 12.6. The molecule has 1 heterocycles. The van der Waals surface area contributed by atoms with Gasteiger partial charge in [-0.25, -0.2) is 4.79 Å². The summed E-state index contributed by atoms with van der Waals surface area (Å²) in [6.07, 6.45) is -3.79. The normalized spacial score (nSPS) is 13.3. The summed E-state index contributed by atoms with van der Waals surface area (Å²) in [6.45, 7) is 9.00. The Bertz CT molecular complexity index is 705. The van der Waals surface area contributed by atoms with E-state index >= 15 is 0 Å². The van der Waals surface area contributed by atoms with Crippen LogP contribution < -0.4 is 16.0 Å². The van der Waals surface area contributed by atoms with Gasteiger partial charge in [0.25, 0.3) is 0 Å². The number of nitrogens with one attached hydrogen (secondary N) is 3. The Morgan fingerprint density at radius 3 is 2.32 bits per heavy atom. The van der Waals surface area contributed by atoms with Crippen molar-refractivity contribution in [3.63, 3.8) is 0 Å². The molecule has 0 atom stereocenters. The number of alkyl carbamates (subject to hydrolysis) is 1. The molecule has 1 rings (SSSR count). The van der Waals surface area contributed by atoms with Gasteiger partial charge in [0.15, 0.2) is 11.7 Å². The lowest BCUT2D eigenvalue weighted by Crippen LogP contribution is -2.54. The van der Waals surface area contributed by atoms with E-state index < -0.39 is 29.1 Å². The van der Waals surface area contributed by atoms with Crippen LogP contribution in [0.15, 0.2) is 11.2 Å². The Morgan fingerprint density at radius 2 is 1.82 bits per heavy atom. The van der Waals surface area contributed by atoms with Crippen molar-refractivity contribution in [2.75, 3.05) is 13.6 Å². The van der Waals surface area contributed by atoms with Gasteiger partial charge in [0.2, 0.25) is 0 Å². The summed E-state index contributed by atoms with van der Waals surface area (Å²) >= 11 is 0. The maximum absolute atomic E-state index is 13.0. The molecule has 0 aliphatic carbocycles. The topological polar surface area (TPSA) is 92.6 Å². The molecule has 3 N–H and O–H groups in total. The number of ether oxygens (including phenoxy) is 1. The van der Waals surface area contributed by atoms with Crippen molar-refractivity contribution in [3.8, 4) is 0 Å². The highest BCUT2D eigenvalue weighted by Crippen LogP contribution is 2.30. The van der Waals surface area contributed by atoms with Gasteiger partial charge in [0, 0.05) is 38.9 Å². The van der Waals surface area contributed by atoms with Crippen molar-refractivity contribution in [1.82, 2.24) is 25.7 Å². The fourth-order valence-electron chi connectivity index (χ4n) is 2.23. The van der Waals surface area contributed by atoms with E-state index in [0.29, 0.717) is 0 Å². The fourth-order valence-corrected chi connectivity index (χ4v) is 2.23. The number of halogens is 3. The number of hydrogen-bond donors (Lipinski definition) is 3. The summed E-state index contributed by atoms with van der Waals surface area (Å²) < 4.78 is 45.4. The molecule has 8 nitrogen and oxygen atoms in total. The number of rotatable bonds is 5. The Labute approximate surface area is 162 Å². The minimum Gasteiger partial charge on any atom is -0.444 e. The highest BCUT2D eigenvalue weighted by Gasteiger charge is 2.36. The lowest BCUT2D eigenvalue weighted by molar-refractivity contribution is -0.142. The second-order valence-electron chi connectivity index (χ2n) is 7.96. The lowest BCUT2D eigenvalue weighted by atomic mass is 10.1. The van der Waals surface area contributed by atoms with Crippen LogP contribution in [0.25, 0.3) is 0 Å². The summed E-state index contributed by atoms with van der Waals surface area (Å²) in [5.41, 5.74) is -2.25. The van der Waals surface area contributed by atoms with E-state index in [1.54, 1.807) is 34.6 Å². The van der Waals surface area contributed by atoms with Gasteiger partial charge in [-0.15, -0.1) is 0 Å². The molecule has 0 aromatic carbocycles. The number of amides is 1. The number of aryl methyl sites for hydroxylation is 1. The van der Waals surface area contributed by atoms with Gasteiger partial charge in [-0.3, -0.25) is 9.67 Å². The van der Waals surface area contributed by atoms with Crippen LogP contribution in [0.1, 0.15) is 45.9 Å². The largest absolute Gasteiger partial charge is 0.444 e. The van der Waals surface area contributed by atoms with E-state index in [4.69, 9.17) is 4.74 Å².